The smallest absolute Gasteiger partial charge is 0.411 e. The van der Waals surface area contributed by atoms with Crippen molar-refractivity contribution in [1.82, 2.24) is 14.8 Å². The van der Waals surface area contributed by atoms with Crippen LogP contribution in [0.25, 0.3) is 10.9 Å². The minimum absolute atomic E-state index is 0.00922. The normalized spacial score (nSPS) is 16.3. The van der Waals surface area contributed by atoms with Gasteiger partial charge in [0.2, 0.25) is 5.91 Å². The fourth-order valence-electron chi connectivity index (χ4n) is 6.33. The molecule has 1 aromatic heterocycles. The molecule has 10 nitrogen and oxygen atoms in total. The number of para-hydroxylation sites is 1. The second-order valence-corrected chi connectivity index (χ2v) is 13.3. The number of benzene rings is 4. The van der Waals surface area contributed by atoms with Crippen molar-refractivity contribution < 1.29 is 26.9 Å². The van der Waals surface area contributed by atoms with Crippen molar-refractivity contribution in [2.24, 2.45) is 0 Å². The van der Waals surface area contributed by atoms with Crippen LogP contribution in [0.2, 0.25) is 0 Å². The minimum atomic E-state index is -4.21. The summed E-state index contributed by atoms with van der Waals surface area (Å²) in [5.41, 5.74) is 3.99. The van der Waals surface area contributed by atoms with Crippen molar-refractivity contribution in [3.63, 3.8) is 0 Å². The Labute approximate surface area is 279 Å². The standard InChI is InChI=1S/C37H34N4O6S/c42-36(40-21-19-39(20-22-40)30-11-5-2-6-12-30)34-24-28-16-17-31(47-48(44,45)35-15-7-14-33-32(35)13-8-18-38-33)23-29(28)25-41(34)37(43)46-26-27-9-3-1-4-10-27/h1-18,23,34H,19-22,24-26H2/t34-/m0/s1. The predicted octanol–water partition coefficient (Wildman–Crippen LogP) is 5.41. The van der Waals surface area contributed by atoms with E-state index < -0.39 is 22.3 Å². The first-order chi connectivity index (χ1) is 23.4. The summed E-state index contributed by atoms with van der Waals surface area (Å²) in [5, 5.41) is 0.455. The molecule has 2 aliphatic heterocycles. The van der Waals surface area contributed by atoms with Gasteiger partial charge in [0, 0.05) is 49.9 Å². The van der Waals surface area contributed by atoms with Gasteiger partial charge in [0.15, 0.2) is 0 Å². The maximum Gasteiger partial charge on any atom is 0.411 e. The molecule has 7 rings (SSSR count). The second kappa shape index (κ2) is 13.4. The molecule has 0 aliphatic carbocycles. The van der Waals surface area contributed by atoms with Crippen molar-refractivity contribution in [3.8, 4) is 5.75 Å². The number of amides is 2. The molecule has 0 spiro atoms. The Morgan fingerprint density at radius 2 is 1.54 bits per heavy atom. The Balaban J connectivity index is 1.12. The molecule has 0 radical (unpaired) electrons. The summed E-state index contributed by atoms with van der Waals surface area (Å²) >= 11 is 0. The molecule has 1 fully saturated rings. The van der Waals surface area contributed by atoms with Gasteiger partial charge in [-0.15, -0.1) is 0 Å². The zero-order valence-corrected chi connectivity index (χ0v) is 27.0. The third-order valence-corrected chi connectivity index (χ3v) is 10.1. The molecule has 244 valence electrons. The summed E-state index contributed by atoms with van der Waals surface area (Å²) in [6.45, 7) is 2.52. The zero-order valence-electron chi connectivity index (χ0n) is 26.1. The number of carbonyl (C=O) groups is 2. The average Bonchev–Trinajstić information content (AvgIpc) is 3.13. The highest BCUT2D eigenvalue weighted by Gasteiger charge is 2.39. The van der Waals surface area contributed by atoms with Crippen molar-refractivity contribution >= 4 is 38.7 Å². The zero-order chi connectivity index (χ0) is 33.1. The van der Waals surface area contributed by atoms with Gasteiger partial charge in [-0.3, -0.25) is 14.7 Å². The first-order valence-corrected chi connectivity index (χ1v) is 17.2. The third-order valence-electron chi connectivity index (χ3n) is 8.83. The number of carbonyl (C=O) groups excluding carboxylic acids is 2. The summed E-state index contributed by atoms with van der Waals surface area (Å²) < 4.78 is 38.2. The summed E-state index contributed by atoms with van der Waals surface area (Å²) in [6.07, 6.45) is 1.24. The number of hydrogen-bond acceptors (Lipinski definition) is 8. The molecule has 1 saturated heterocycles. The number of ether oxygens (including phenoxy) is 1. The molecule has 3 heterocycles. The van der Waals surface area contributed by atoms with Crippen LogP contribution in [-0.2, 0) is 39.2 Å². The van der Waals surface area contributed by atoms with Gasteiger partial charge in [-0.25, -0.2) is 4.79 Å². The Kier molecular flexibility index (Phi) is 8.68. The first kappa shape index (κ1) is 31.2. The highest BCUT2D eigenvalue weighted by molar-refractivity contribution is 7.87. The highest BCUT2D eigenvalue weighted by Crippen LogP contribution is 2.31. The van der Waals surface area contributed by atoms with Gasteiger partial charge >= 0.3 is 16.2 Å². The number of aromatic nitrogens is 1. The fourth-order valence-corrected chi connectivity index (χ4v) is 7.46. The summed E-state index contributed by atoms with van der Waals surface area (Å²) in [6, 6.07) is 31.8. The number of rotatable bonds is 7. The van der Waals surface area contributed by atoms with Crippen LogP contribution in [0.1, 0.15) is 16.7 Å². The lowest BCUT2D eigenvalue weighted by Gasteiger charge is -2.41. The van der Waals surface area contributed by atoms with E-state index in [2.05, 4.69) is 22.0 Å². The topological polar surface area (TPSA) is 109 Å². The van der Waals surface area contributed by atoms with E-state index in [9.17, 15) is 18.0 Å². The number of piperazine rings is 1. The van der Waals surface area contributed by atoms with Crippen molar-refractivity contribution in [2.75, 3.05) is 31.1 Å². The Hall–Kier alpha value is -5.42. The summed E-state index contributed by atoms with van der Waals surface area (Å²) in [7, 11) is -4.21. The quantitative estimate of drug-likeness (QED) is 0.213. The molecule has 0 unspecified atom stereocenters. The number of hydrogen-bond donors (Lipinski definition) is 0. The summed E-state index contributed by atoms with van der Waals surface area (Å²) in [5.74, 6) is -0.0356. The molecule has 5 aromatic rings. The van der Waals surface area contributed by atoms with Crippen molar-refractivity contribution in [3.05, 3.63) is 132 Å². The molecule has 0 N–H and O–H groups in total. The number of pyridine rings is 1. The van der Waals surface area contributed by atoms with Crippen LogP contribution in [0.4, 0.5) is 10.5 Å². The van der Waals surface area contributed by atoms with Gasteiger partial charge in [-0.1, -0.05) is 60.7 Å². The molecule has 2 amide bonds. The number of nitrogens with zero attached hydrogens (tertiary/aromatic N) is 4. The maximum absolute atomic E-state index is 14.1. The number of anilines is 1. The van der Waals surface area contributed by atoms with Crippen molar-refractivity contribution in [1.29, 1.82) is 0 Å². The lowest BCUT2D eigenvalue weighted by Crippen LogP contribution is -2.57. The molecule has 1 atom stereocenters. The van der Waals surface area contributed by atoms with Crippen LogP contribution in [0.3, 0.4) is 0 Å². The minimum Gasteiger partial charge on any atom is -0.445 e. The van der Waals surface area contributed by atoms with Gasteiger partial charge < -0.3 is 18.7 Å². The Morgan fingerprint density at radius 1 is 0.792 bits per heavy atom. The third kappa shape index (κ3) is 6.54. The van der Waals surface area contributed by atoms with Crippen molar-refractivity contribution in [2.45, 2.75) is 30.5 Å². The van der Waals surface area contributed by atoms with Crippen LogP contribution >= 0.6 is 0 Å². The van der Waals surface area contributed by atoms with E-state index in [1.165, 1.54) is 11.0 Å². The van der Waals surface area contributed by atoms with E-state index in [-0.39, 0.29) is 36.1 Å². The van der Waals surface area contributed by atoms with E-state index in [0.717, 1.165) is 16.8 Å². The molecule has 0 saturated carbocycles. The highest BCUT2D eigenvalue weighted by atomic mass is 32.2. The molecule has 4 aromatic carbocycles. The molecule has 48 heavy (non-hydrogen) atoms. The van der Waals surface area contributed by atoms with Crippen LogP contribution < -0.4 is 9.08 Å². The maximum atomic E-state index is 14.1. The lowest BCUT2D eigenvalue weighted by molar-refractivity contribution is -0.137. The van der Waals surface area contributed by atoms with Crippen LogP contribution in [0, 0.1) is 0 Å². The van der Waals surface area contributed by atoms with E-state index in [0.29, 0.717) is 42.6 Å². The van der Waals surface area contributed by atoms with Gasteiger partial charge in [-0.05, 0) is 65.2 Å². The molecule has 0 bridgehead atoms. The van der Waals surface area contributed by atoms with Gasteiger partial charge in [0.1, 0.15) is 23.3 Å². The summed E-state index contributed by atoms with van der Waals surface area (Å²) in [4.78, 5) is 37.5. The molecular formula is C37H34N4O6S. The van der Waals surface area contributed by atoms with Crippen LogP contribution in [0.15, 0.2) is 120 Å². The monoisotopic (exact) mass is 662 g/mol. The van der Waals surface area contributed by atoms with E-state index in [1.54, 1.807) is 48.7 Å². The second-order valence-electron chi connectivity index (χ2n) is 11.8. The van der Waals surface area contributed by atoms with Crippen LogP contribution in [-0.4, -0.2) is 67.4 Å². The Bertz CT molecular complexity index is 2050. The fraction of sp³-hybridized carbons (Fsp3) is 0.216. The van der Waals surface area contributed by atoms with E-state index >= 15 is 0 Å². The van der Waals surface area contributed by atoms with Crippen LogP contribution in [0.5, 0.6) is 5.75 Å². The van der Waals surface area contributed by atoms with Gasteiger partial charge in [0.25, 0.3) is 0 Å². The van der Waals surface area contributed by atoms with Gasteiger partial charge in [0.05, 0.1) is 12.1 Å². The Morgan fingerprint density at radius 3 is 2.31 bits per heavy atom. The first-order valence-electron chi connectivity index (χ1n) is 15.8. The lowest BCUT2D eigenvalue weighted by atomic mass is 9.93. The van der Waals surface area contributed by atoms with E-state index in [1.807, 2.05) is 53.4 Å². The number of fused-ring (bicyclic) bond motifs is 2. The largest absolute Gasteiger partial charge is 0.445 e. The van der Waals surface area contributed by atoms with E-state index in [4.69, 9.17) is 8.92 Å². The predicted molar refractivity (Wildman–Crippen MR) is 181 cm³/mol. The average molecular weight is 663 g/mol. The van der Waals surface area contributed by atoms with Gasteiger partial charge in [-0.2, -0.15) is 8.42 Å². The SMILES string of the molecule is O=C([C@@H]1Cc2ccc(OS(=O)(=O)c3cccc4ncccc34)cc2CN1C(=O)OCc1ccccc1)N1CCN(c2ccccc2)CC1. The molecular weight excluding hydrogens is 628 g/mol. The molecule has 11 heteroatoms. The molecule has 2 aliphatic rings.